The summed E-state index contributed by atoms with van der Waals surface area (Å²) in [6, 6.07) is 10.1. The number of nitro benzene ring substituents is 1. The first-order chi connectivity index (χ1) is 10.5. The number of carbonyl (C=O) groups is 1. The highest BCUT2D eigenvalue weighted by atomic mass is 16.6. The molecule has 0 bridgehead atoms. The van der Waals surface area contributed by atoms with E-state index in [-0.39, 0.29) is 23.8 Å². The van der Waals surface area contributed by atoms with Crippen LogP contribution >= 0.6 is 0 Å². The van der Waals surface area contributed by atoms with Crippen LogP contribution in [-0.4, -0.2) is 10.8 Å². The fourth-order valence-corrected chi connectivity index (χ4v) is 2.13. The van der Waals surface area contributed by atoms with E-state index in [4.69, 9.17) is 0 Å². The highest BCUT2D eigenvalue weighted by Crippen LogP contribution is 2.22. The van der Waals surface area contributed by atoms with E-state index in [0.29, 0.717) is 0 Å². The molecule has 2 aromatic rings. The number of rotatable bonds is 5. The van der Waals surface area contributed by atoms with Gasteiger partial charge in [0.05, 0.1) is 4.92 Å². The molecule has 1 N–H and O–H groups in total. The molecule has 0 unspecified atom stereocenters. The lowest BCUT2D eigenvalue weighted by molar-refractivity contribution is -0.690. The number of para-hydroxylation sites is 2. The number of nitrogens with one attached hydrogen (secondary N) is 1. The molecule has 1 aromatic carbocycles. The summed E-state index contributed by atoms with van der Waals surface area (Å²) < 4.78 is 1.84. The van der Waals surface area contributed by atoms with Gasteiger partial charge in [-0.1, -0.05) is 19.1 Å². The molecule has 0 radical (unpaired) electrons. The SMILES string of the molecule is CCc1ccc(C)[n+](CC(=O)Nc2ccccc2[N+](=O)[O-])c1. The Morgan fingerprint density at radius 2 is 2.00 bits per heavy atom. The predicted molar refractivity (Wildman–Crippen MR) is 82.5 cm³/mol. The maximum atomic E-state index is 12.2. The number of aryl methyl sites for hydroxylation is 2. The first-order valence-electron chi connectivity index (χ1n) is 7.03. The molecule has 0 aliphatic carbocycles. The van der Waals surface area contributed by atoms with Gasteiger partial charge >= 0.3 is 0 Å². The summed E-state index contributed by atoms with van der Waals surface area (Å²) in [4.78, 5) is 22.6. The molecule has 1 heterocycles. The highest BCUT2D eigenvalue weighted by Gasteiger charge is 2.18. The number of hydrogen-bond donors (Lipinski definition) is 1. The van der Waals surface area contributed by atoms with Crippen molar-refractivity contribution in [2.45, 2.75) is 26.8 Å². The maximum absolute atomic E-state index is 12.2. The molecule has 0 spiro atoms. The van der Waals surface area contributed by atoms with Crippen molar-refractivity contribution < 1.29 is 14.3 Å². The average molecular weight is 300 g/mol. The molecule has 0 aliphatic rings. The van der Waals surface area contributed by atoms with Crippen LogP contribution in [0, 0.1) is 17.0 Å². The van der Waals surface area contributed by atoms with Crippen LogP contribution in [0.5, 0.6) is 0 Å². The monoisotopic (exact) mass is 300 g/mol. The zero-order valence-corrected chi connectivity index (χ0v) is 12.6. The quantitative estimate of drug-likeness (QED) is 0.523. The van der Waals surface area contributed by atoms with Crippen LogP contribution in [0.3, 0.4) is 0 Å². The second-order valence-electron chi connectivity index (χ2n) is 4.98. The van der Waals surface area contributed by atoms with E-state index in [0.717, 1.165) is 17.7 Å². The van der Waals surface area contributed by atoms with E-state index in [9.17, 15) is 14.9 Å². The van der Waals surface area contributed by atoms with Crippen molar-refractivity contribution in [3.63, 3.8) is 0 Å². The van der Waals surface area contributed by atoms with Crippen molar-refractivity contribution in [3.05, 3.63) is 64.0 Å². The molecular weight excluding hydrogens is 282 g/mol. The first-order valence-corrected chi connectivity index (χ1v) is 7.03. The van der Waals surface area contributed by atoms with Gasteiger partial charge in [0, 0.05) is 24.6 Å². The van der Waals surface area contributed by atoms with Gasteiger partial charge < -0.3 is 5.32 Å². The minimum Gasteiger partial charge on any atom is -0.315 e. The van der Waals surface area contributed by atoms with Crippen LogP contribution in [0.1, 0.15) is 18.2 Å². The Morgan fingerprint density at radius 3 is 2.68 bits per heavy atom. The molecule has 0 aliphatic heterocycles. The normalized spacial score (nSPS) is 10.3. The van der Waals surface area contributed by atoms with Crippen LogP contribution in [0.4, 0.5) is 11.4 Å². The summed E-state index contributed by atoms with van der Waals surface area (Å²) >= 11 is 0. The fraction of sp³-hybridized carbons (Fsp3) is 0.250. The summed E-state index contributed by atoms with van der Waals surface area (Å²) in [6.45, 7) is 4.08. The molecule has 114 valence electrons. The van der Waals surface area contributed by atoms with E-state index in [1.165, 1.54) is 12.1 Å². The molecule has 6 heteroatoms. The van der Waals surface area contributed by atoms with Crippen molar-refractivity contribution in [2.24, 2.45) is 0 Å². The molecule has 2 rings (SSSR count). The largest absolute Gasteiger partial charge is 0.315 e. The topological polar surface area (TPSA) is 76.1 Å². The third kappa shape index (κ3) is 3.66. The van der Waals surface area contributed by atoms with Crippen molar-refractivity contribution >= 4 is 17.3 Å². The lowest BCUT2D eigenvalue weighted by Gasteiger charge is -2.05. The number of benzene rings is 1. The van der Waals surface area contributed by atoms with Gasteiger partial charge in [-0.05, 0) is 18.6 Å². The second-order valence-corrected chi connectivity index (χ2v) is 4.98. The van der Waals surface area contributed by atoms with Gasteiger partial charge in [-0.2, -0.15) is 4.57 Å². The van der Waals surface area contributed by atoms with E-state index >= 15 is 0 Å². The minimum atomic E-state index is -0.508. The first kappa shape index (κ1) is 15.6. The molecule has 22 heavy (non-hydrogen) atoms. The lowest BCUT2D eigenvalue weighted by atomic mass is 10.2. The highest BCUT2D eigenvalue weighted by molar-refractivity contribution is 5.92. The maximum Gasteiger partial charge on any atom is 0.292 e. The molecule has 0 atom stereocenters. The minimum absolute atomic E-state index is 0.111. The van der Waals surface area contributed by atoms with E-state index in [1.807, 2.05) is 36.7 Å². The van der Waals surface area contributed by atoms with Gasteiger partial charge in [-0.25, -0.2) is 0 Å². The number of hydrogen-bond acceptors (Lipinski definition) is 3. The zero-order chi connectivity index (χ0) is 16.1. The number of carbonyl (C=O) groups excluding carboxylic acids is 1. The van der Waals surface area contributed by atoms with Crippen LogP contribution in [0.15, 0.2) is 42.6 Å². The van der Waals surface area contributed by atoms with E-state index < -0.39 is 4.92 Å². The summed E-state index contributed by atoms with van der Waals surface area (Å²) in [5, 5.41) is 13.6. The summed E-state index contributed by atoms with van der Waals surface area (Å²) in [5.74, 6) is -0.296. The van der Waals surface area contributed by atoms with Gasteiger partial charge in [0.15, 0.2) is 11.9 Å². The van der Waals surface area contributed by atoms with Gasteiger partial charge in [-0.3, -0.25) is 14.9 Å². The van der Waals surface area contributed by atoms with Gasteiger partial charge in [0.2, 0.25) is 6.54 Å². The third-order valence-electron chi connectivity index (χ3n) is 3.41. The number of aromatic nitrogens is 1. The Kier molecular flexibility index (Phi) is 4.83. The zero-order valence-electron chi connectivity index (χ0n) is 12.6. The molecule has 0 saturated heterocycles. The smallest absolute Gasteiger partial charge is 0.292 e. The number of amides is 1. The number of anilines is 1. The molecule has 6 nitrogen and oxygen atoms in total. The third-order valence-corrected chi connectivity index (χ3v) is 3.41. The molecule has 1 amide bonds. The summed E-state index contributed by atoms with van der Waals surface area (Å²) in [6.07, 6.45) is 2.81. The van der Waals surface area contributed by atoms with Gasteiger partial charge in [-0.15, -0.1) is 0 Å². The van der Waals surface area contributed by atoms with Crippen LogP contribution in [-0.2, 0) is 17.8 Å². The van der Waals surface area contributed by atoms with Crippen molar-refractivity contribution in [1.29, 1.82) is 0 Å². The summed E-state index contributed by atoms with van der Waals surface area (Å²) in [5.41, 5.74) is 2.18. The second kappa shape index (κ2) is 6.80. The standard InChI is InChI=1S/C16H17N3O3/c1-3-13-9-8-12(2)18(10-13)11-16(20)17-14-6-4-5-7-15(14)19(21)22/h4-10H,3,11H2,1-2H3/p+1. The van der Waals surface area contributed by atoms with Gasteiger partial charge in [0.25, 0.3) is 11.6 Å². The Hall–Kier alpha value is -2.76. The predicted octanol–water partition coefficient (Wildman–Crippen LogP) is 2.39. The van der Waals surface area contributed by atoms with Gasteiger partial charge in [0.1, 0.15) is 5.69 Å². The lowest BCUT2D eigenvalue weighted by Crippen LogP contribution is -2.43. The number of pyridine rings is 1. The van der Waals surface area contributed by atoms with Crippen LogP contribution < -0.4 is 9.88 Å². The van der Waals surface area contributed by atoms with E-state index in [2.05, 4.69) is 5.32 Å². The summed E-state index contributed by atoms with van der Waals surface area (Å²) in [7, 11) is 0. The molecule has 1 aromatic heterocycles. The molecule has 0 saturated carbocycles. The molecule has 0 fully saturated rings. The Bertz CT molecular complexity index is 714. The Morgan fingerprint density at radius 1 is 1.27 bits per heavy atom. The number of nitrogens with zero attached hydrogens (tertiary/aromatic N) is 2. The van der Waals surface area contributed by atoms with Crippen LogP contribution in [0.25, 0.3) is 0 Å². The van der Waals surface area contributed by atoms with E-state index in [1.54, 1.807) is 12.1 Å². The Balaban J connectivity index is 2.16. The number of nitro groups is 1. The van der Waals surface area contributed by atoms with Crippen molar-refractivity contribution in [1.82, 2.24) is 0 Å². The molecular formula is C16H18N3O3+. The fourth-order valence-electron chi connectivity index (χ4n) is 2.13. The van der Waals surface area contributed by atoms with Crippen molar-refractivity contribution in [2.75, 3.05) is 5.32 Å². The Labute approximate surface area is 128 Å². The van der Waals surface area contributed by atoms with Crippen LogP contribution in [0.2, 0.25) is 0 Å². The van der Waals surface area contributed by atoms with Crippen molar-refractivity contribution in [3.8, 4) is 0 Å². The average Bonchev–Trinajstić information content (AvgIpc) is 2.49.